The number of nitrogens with one attached hydrogen (secondary N) is 1. The van der Waals surface area contributed by atoms with E-state index in [0.717, 1.165) is 17.0 Å². The van der Waals surface area contributed by atoms with E-state index in [1.54, 1.807) is 25.4 Å². The SMILES string of the molecule is COc1cccc(C(NC(=O)c2cccc(OCc3ccccc3)c2)c2nccn2C)c1. The maximum atomic E-state index is 13.2. The molecule has 1 atom stereocenters. The van der Waals surface area contributed by atoms with Gasteiger partial charge in [-0.2, -0.15) is 0 Å². The summed E-state index contributed by atoms with van der Waals surface area (Å²) >= 11 is 0. The number of hydrogen-bond donors (Lipinski definition) is 1. The van der Waals surface area contributed by atoms with Crippen molar-refractivity contribution in [3.05, 3.63) is 114 Å². The van der Waals surface area contributed by atoms with Crippen LogP contribution in [0.5, 0.6) is 11.5 Å². The van der Waals surface area contributed by atoms with E-state index in [1.807, 2.05) is 84.5 Å². The number of ether oxygens (including phenoxy) is 2. The highest BCUT2D eigenvalue weighted by Crippen LogP contribution is 2.25. The highest BCUT2D eigenvalue weighted by molar-refractivity contribution is 5.95. The number of nitrogens with zero attached hydrogens (tertiary/aromatic N) is 2. The number of amides is 1. The molecule has 1 aromatic heterocycles. The molecule has 0 spiro atoms. The average Bonchev–Trinajstić information content (AvgIpc) is 3.27. The molecule has 0 radical (unpaired) electrons. The lowest BCUT2D eigenvalue weighted by atomic mass is 10.0. The fourth-order valence-electron chi connectivity index (χ4n) is 3.46. The zero-order valence-corrected chi connectivity index (χ0v) is 18.1. The first-order valence-corrected chi connectivity index (χ1v) is 10.3. The van der Waals surface area contributed by atoms with Crippen LogP contribution in [0.15, 0.2) is 91.3 Å². The van der Waals surface area contributed by atoms with Gasteiger partial charge in [-0.15, -0.1) is 0 Å². The Balaban J connectivity index is 1.55. The lowest BCUT2D eigenvalue weighted by Gasteiger charge is -2.20. The number of benzene rings is 3. The summed E-state index contributed by atoms with van der Waals surface area (Å²) in [4.78, 5) is 17.6. The summed E-state index contributed by atoms with van der Waals surface area (Å²) in [7, 11) is 3.52. The number of methoxy groups -OCH3 is 1. The van der Waals surface area contributed by atoms with E-state index >= 15 is 0 Å². The number of carbonyl (C=O) groups excluding carboxylic acids is 1. The number of rotatable bonds is 8. The molecule has 0 aliphatic carbocycles. The smallest absolute Gasteiger partial charge is 0.252 e. The minimum absolute atomic E-state index is 0.217. The molecule has 4 aromatic rings. The summed E-state index contributed by atoms with van der Waals surface area (Å²) in [6, 6.07) is 24.3. The second-order valence-electron chi connectivity index (χ2n) is 7.38. The first-order valence-electron chi connectivity index (χ1n) is 10.3. The van der Waals surface area contributed by atoms with Crippen molar-refractivity contribution in [1.82, 2.24) is 14.9 Å². The zero-order valence-electron chi connectivity index (χ0n) is 18.1. The van der Waals surface area contributed by atoms with Crippen LogP contribution in [-0.2, 0) is 13.7 Å². The fraction of sp³-hybridized carbons (Fsp3) is 0.154. The van der Waals surface area contributed by atoms with Gasteiger partial charge in [0, 0.05) is 25.0 Å². The molecule has 1 amide bonds. The normalized spacial score (nSPS) is 11.6. The van der Waals surface area contributed by atoms with E-state index in [9.17, 15) is 4.79 Å². The highest BCUT2D eigenvalue weighted by Gasteiger charge is 2.22. The molecule has 6 nitrogen and oxygen atoms in total. The van der Waals surface area contributed by atoms with Gasteiger partial charge in [-0.3, -0.25) is 4.79 Å². The van der Waals surface area contributed by atoms with Crippen LogP contribution < -0.4 is 14.8 Å². The van der Waals surface area contributed by atoms with Gasteiger partial charge in [0.1, 0.15) is 30.0 Å². The van der Waals surface area contributed by atoms with Gasteiger partial charge in [0.05, 0.1) is 7.11 Å². The summed E-state index contributed by atoms with van der Waals surface area (Å²) in [5.74, 6) is 1.86. The van der Waals surface area contributed by atoms with E-state index in [4.69, 9.17) is 9.47 Å². The molecule has 32 heavy (non-hydrogen) atoms. The molecule has 0 aliphatic rings. The van der Waals surface area contributed by atoms with Crippen LogP contribution in [0.25, 0.3) is 0 Å². The van der Waals surface area contributed by atoms with Gasteiger partial charge in [0.15, 0.2) is 0 Å². The first-order chi connectivity index (χ1) is 15.6. The summed E-state index contributed by atoms with van der Waals surface area (Å²) in [6.45, 7) is 0.436. The largest absolute Gasteiger partial charge is 0.497 e. The molecule has 6 heteroatoms. The molecule has 0 saturated carbocycles. The Morgan fingerprint density at radius 3 is 2.53 bits per heavy atom. The summed E-state index contributed by atoms with van der Waals surface area (Å²) in [5.41, 5.74) is 2.45. The van der Waals surface area contributed by atoms with Crippen molar-refractivity contribution in [2.75, 3.05) is 7.11 Å². The van der Waals surface area contributed by atoms with Gasteiger partial charge in [-0.1, -0.05) is 48.5 Å². The van der Waals surface area contributed by atoms with Crippen molar-refractivity contribution < 1.29 is 14.3 Å². The van der Waals surface area contributed by atoms with E-state index in [1.165, 1.54) is 0 Å². The standard InChI is InChI=1S/C26H25N3O3/c1-29-15-14-27-25(29)24(20-10-6-12-22(16-20)31-2)28-26(30)21-11-7-13-23(17-21)32-18-19-8-4-3-5-9-19/h3-17,24H,18H2,1-2H3,(H,28,30). The zero-order chi connectivity index (χ0) is 22.3. The number of aryl methyl sites for hydroxylation is 1. The minimum Gasteiger partial charge on any atom is -0.497 e. The quantitative estimate of drug-likeness (QED) is 0.449. The van der Waals surface area contributed by atoms with Crippen molar-refractivity contribution in [2.45, 2.75) is 12.6 Å². The number of carbonyl (C=O) groups is 1. The summed E-state index contributed by atoms with van der Waals surface area (Å²) in [5, 5.41) is 3.11. The van der Waals surface area contributed by atoms with Gasteiger partial charge in [0.25, 0.3) is 5.91 Å². The van der Waals surface area contributed by atoms with Crippen LogP contribution in [0.4, 0.5) is 0 Å². The lowest BCUT2D eigenvalue weighted by Crippen LogP contribution is -2.31. The maximum Gasteiger partial charge on any atom is 0.252 e. The second kappa shape index (κ2) is 9.83. The second-order valence-corrected chi connectivity index (χ2v) is 7.38. The molecule has 4 rings (SSSR count). The maximum absolute atomic E-state index is 13.2. The molecular weight excluding hydrogens is 402 g/mol. The summed E-state index contributed by atoms with van der Waals surface area (Å²) in [6.07, 6.45) is 3.57. The summed E-state index contributed by atoms with van der Waals surface area (Å²) < 4.78 is 13.1. The Hall–Kier alpha value is -4.06. The molecule has 0 saturated heterocycles. The number of hydrogen-bond acceptors (Lipinski definition) is 4. The van der Waals surface area contributed by atoms with Gasteiger partial charge >= 0.3 is 0 Å². The van der Waals surface area contributed by atoms with E-state index in [0.29, 0.717) is 23.7 Å². The van der Waals surface area contributed by atoms with Crippen molar-refractivity contribution in [1.29, 1.82) is 0 Å². The van der Waals surface area contributed by atoms with Crippen LogP contribution in [0.1, 0.15) is 33.4 Å². The molecule has 1 heterocycles. The molecule has 0 fully saturated rings. The third kappa shape index (κ3) is 4.98. The Labute approximate surface area is 187 Å². The van der Waals surface area contributed by atoms with Crippen LogP contribution in [-0.4, -0.2) is 22.6 Å². The monoisotopic (exact) mass is 427 g/mol. The molecular formula is C26H25N3O3. The Morgan fingerprint density at radius 2 is 1.78 bits per heavy atom. The number of aromatic nitrogens is 2. The topological polar surface area (TPSA) is 65.4 Å². The Bertz CT molecular complexity index is 1190. The molecule has 0 bridgehead atoms. The molecule has 162 valence electrons. The van der Waals surface area contributed by atoms with E-state index in [-0.39, 0.29) is 5.91 Å². The van der Waals surface area contributed by atoms with Crippen LogP contribution >= 0.6 is 0 Å². The van der Waals surface area contributed by atoms with Gasteiger partial charge in [-0.25, -0.2) is 4.98 Å². The van der Waals surface area contributed by atoms with Crippen molar-refractivity contribution in [3.8, 4) is 11.5 Å². The predicted octanol–water partition coefficient (Wildman–Crippen LogP) is 4.53. The number of imidazole rings is 1. The van der Waals surface area contributed by atoms with Crippen molar-refractivity contribution in [2.24, 2.45) is 7.05 Å². The van der Waals surface area contributed by atoms with Crippen LogP contribution in [0.3, 0.4) is 0 Å². The third-order valence-electron chi connectivity index (χ3n) is 5.16. The first kappa shape index (κ1) is 21.2. The van der Waals surface area contributed by atoms with Crippen LogP contribution in [0, 0.1) is 0 Å². The van der Waals surface area contributed by atoms with Crippen molar-refractivity contribution in [3.63, 3.8) is 0 Å². The molecule has 0 aliphatic heterocycles. The highest BCUT2D eigenvalue weighted by atomic mass is 16.5. The fourth-order valence-corrected chi connectivity index (χ4v) is 3.46. The molecule has 1 N–H and O–H groups in total. The Morgan fingerprint density at radius 1 is 1.00 bits per heavy atom. The molecule has 1 unspecified atom stereocenters. The van der Waals surface area contributed by atoms with E-state index < -0.39 is 6.04 Å². The lowest BCUT2D eigenvalue weighted by molar-refractivity contribution is 0.0940. The molecule has 3 aromatic carbocycles. The van der Waals surface area contributed by atoms with Gasteiger partial charge < -0.3 is 19.4 Å². The Kier molecular flexibility index (Phi) is 6.51. The van der Waals surface area contributed by atoms with E-state index in [2.05, 4.69) is 10.3 Å². The third-order valence-corrected chi connectivity index (χ3v) is 5.16. The van der Waals surface area contributed by atoms with Gasteiger partial charge in [-0.05, 0) is 41.5 Å². The average molecular weight is 428 g/mol. The van der Waals surface area contributed by atoms with Gasteiger partial charge in [0.2, 0.25) is 0 Å². The predicted molar refractivity (Wildman–Crippen MR) is 123 cm³/mol. The van der Waals surface area contributed by atoms with Crippen molar-refractivity contribution >= 4 is 5.91 Å². The van der Waals surface area contributed by atoms with Crippen LogP contribution in [0.2, 0.25) is 0 Å². The minimum atomic E-state index is -0.438.